The average molecular weight is 438 g/mol. The quantitative estimate of drug-likeness (QED) is 0.284. The van der Waals surface area contributed by atoms with Gasteiger partial charge in [-0.3, -0.25) is 9.59 Å². The molecule has 1 aliphatic rings. The molecule has 0 bridgehead atoms. The zero-order valence-electron chi connectivity index (χ0n) is 19.3. The molecule has 1 aliphatic heterocycles. The average Bonchev–Trinajstić information content (AvgIpc) is 2.99. The first-order valence-electron chi connectivity index (χ1n) is 10.9. The van der Waals surface area contributed by atoms with Crippen molar-refractivity contribution in [2.75, 3.05) is 20.3 Å². The van der Waals surface area contributed by atoms with E-state index in [-0.39, 0.29) is 17.4 Å². The van der Waals surface area contributed by atoms with Crippen molar-refractivity contribution in [2.24, 2.45) is 0 Å². The highest BCUT2D eigenvalue weighted by Gasteiger charge is 2.45. The minimum Gasteiger partial charge on any atom is -0.507 e. The topological polar surface area (TPSA) is 76.1 Å². The molecule has 0 saturated carbocycles. The predicted octanol–water partition coefficient (Wildman–Crippen LogP) is 4.55. The maximum absolute atomic E-state index is 13.1. The zero-order valence-corrected chi connectivity index (χ0v) is 19.3. The SMILES string of the molecule is COCCCN1C(=O)C(=O)/C(=C(\O)c2ccc(OC(C)C)c(C)c2)C1c1cccc(C)c1. The molecule has 6 heteroatoms. The number of aliphatic hydroxyl groups excluding tert-OH is 1. The van der Waals surface area contributed by atoms with Gasteiger partial charge in [0.25, 0.3) is 11.7 Å². The third-order valence-corrected chi connectivity index (χ3v) is 5.46. The lowest BCUT2D eigenvalue weighted by Crippen LogP contribution is -2.31. The fourth-order valence-corrected chi connectivity index (χ4v) is 4.01. The van der Waals surface area contributed by atoms with E-state index in [0.717, 1.165) is 16.7 Å². The number of amides is 1. The summed E-state index contributed by atoms with van der Waals surface area (Å²) in [5, 5.41) is 11.2. The minimum atomic E-state index is -0.674. The van der Waals surface area contributed by atoms with Gasteiger partial charge in [0.2, 0.25) is 0 Å². The summed E-state index contributed by atoms with van der Waals surface area (Å²) in [4.78, 5) is 27.5. The molecule has 1 N–H and O–H groups in total. The summed E-state index contributed by atoms with van der Waals surface area (Å²) in [5.41, 5.74) is 3.22. The van der Waals surface area contributed by atoms with E-state index >= 15 is 0 Å². The Morgan fingerprint density at radius 2 is 1.88 bits per heavy atom. The Hall–Kier alpha value is -3.12. The number of hydrogen-bond acceptors (Lipinski definition) is 5. The summed E-state index contributed by atoms with van der Waals surface area (Å²) in [6, 6.07) is 12.3. The molecule has 32 heavy (non-hydrogen) atoms. The van der Waals surface area contributed by atoms with Crippen molar-refractivity contribution in [3.8, 4) is 5.75 Å². The van der Waals surface area contributed by atoms with Gasteiger partial charge in [0.15, 0.2) is 0 Å². The van der Waals surface area contributed by atoms with E-state index in [1.807, 2.05) is 52.0 Å². The molecular weight excluding hydrogens is 406 g/mol. The van der Waals surface area contributed by atoms with Gasteiger partial charge in [0, 0.05) is 25.8 Å². The number of benzene rings is 2. The second-order valence-electron chi connectivity index (χ2n) is 8.40. The van der Waals surface area contributed by atoms with Crippen LogP contribution in [0.1, 0.15) is 48.6 Å². The standard InChI is InChI=1S/C26H31NO5/c1-16(2)32-21-11-10-20(15-18(21)4)24(28)22-23(19-9-6-8-17(3)14-19)27(12-7-13-31-5)26(30)25(22)29/h6,8-11,14-16,23,28H,7,12-13H2,1-5H3/b24-22-. The maximum Gasteiger partial charge on any atom is 0.295 e. The summed E-state index contributed by atoms with van der Waals surface area (Å²) in [5.74, 6) is -0.743. The monoisotopic (exact) mass is 437 g/mol. The van der Waals surface area contributed by atoms with Gasteiger partial charge in [-0.05, 0) is 63.4 Å². The first-order chi connectivity index (χ1) is 15.2. The molecule has 1 fully saturated rings. The molecule has 1 unspecified atom stereocenters. The molecule has 1 heterocycles. The molecule has 1 amide bonds. The number of hydrogen-bond donors (Lipinski definition) is 1. The lowest BCUT2D eigenvalue weighted by Gasteiger charge is -2.25. The number of aryl methyl sites for hydroxylation is 2. The third-order valence-electron chi connectivity index (χ3n) is 5.46. The number of methoxy groups -OCH3 is 1. The van der Waals surface area contributed by atoms with Gasteiger partial charge < -0.3 is 19.5 Å². The second kappa shape index (κ2) is 10.0. The Morgan fingerprint density at radius 3 is 2.50 bits per heavy atom. The van der Waals surface area contributed by atoms with E-state index in [9.17, 15) is 14.7 Å². The highest BCUT2D eigenvalue weighted by molar-refractivity contribution is 6.46. The summed E-state index contributed by atoms with van der Waals surface area (Å²) < 4.78 is 10.9. The van der Waals surface area contributed by atoms with Crippen molar-refractivity contribution < 1.29 is 24.2 Å². The van der Waals surface area contributed by atoms with Crippen LogP contribution in [-0.4, -0.2) is 48.1 Å². The zero-order chi connectivity index (χ0) is 23.4. The van der Waals surface area contributed by atoms with E-state index in [0.29, 0.717) is 30.9 Å². The number of carbonyl (C=O) groups is 2. The van der Waals surface area contributed by atoms with Crippen LogP contribution in [0.25, 0.3) is 5.76 Å². The van der Waals surface area contributed by atoms with E-state index in [4.69, 9.17) is 9.47 Å². The molecule has 0 radical (unpaired) electrons. The van der Waals surface area contributed by atoms with Crippen LogP contribution in [-0.2, 0) is 14.3 Å². The summed E-state index contributed by atoms with van der Waals surface area (Å²) in [7, 11) is 1.60. The van der Waals surface area contributed by atoms with Crippen molar-refractivity contribution in [3.05, 3.63) is 70.3 Å². The van der Waals surface area contributed by atoms with Crippen LogP contribution < -0.4 is 4.74 Å². The van der Waals surface area contributed by atoms with Crippen LogP contribution >= 0.6 is 0 Å². The molecule has 170 valence electrons. The molecule has 3 rings (SSSR count). The molecule has 2 aromatic carbocycles. The first-order valence-corrected chi connectivity index (χ1v) is 10.9. The fraction of sp³-hybridized carbons (Fsp3) is 0.385. The molecule has 0 spiro atoms. The number of ether oxygens (including phenoxy) is 2. The number of Topliss-reactive ketones (excluding diaryl/α,β-unsaturated/α-hetero) is 1. The van der Waals surface area contributed by atoms with Crippen molar-refractivity contribution >= 4 is 17.4 Å². The molecule has 6 nitrogen and oxygen atoms in total. The normalized spacial score (nSPS) is 17.9. The van der Waals surface area contributed by atoms with Crippen molar-refractivity contribution in [3.63, 3.8) is 0 Å². The molecule has 0 aliphatic carbocycles. The number of likely N-dealkylation sites (tertiary alicyclic amines) is 1. The Bertz CT molecular complexity index is 1040. The number of aliphatic hydroxyl groups is 1. The van der Waals surface area contributed by atoms with Crippen LogP contribution in [0.2, 0.25) is 0 Å². The number of ketones is 1. The van der Waals surface area contributed by atoms with Gasteiger partial charge >= 0.3 is 0 Å². The highest BCUT2D eigenvalue weighted by atomic mass is 16.5. The van der Waals surface area contributed by atoms with Gasteiger partial charge in [-0.1, -0.05) is 29.8 Å². The van der Waals surface area contributed by atoms with E-state index < -0.39 is 17.7 Å². The van der Waals surface area contributed by atoms with Crippen LogP contribution in [0.15, 0.2) is 48.0 Å². The van der Waals surface area contributed by atoms with Crippen molar-refractivity contribution in [1.29, 1.82) is 0 Å². The van der Waals surface area contributed by atoms with Crippen molar-refractivity contribution in [1.82, 2.24) is 4.90 Å². The molecule has 1 saturated heterocycles. The fourth-order valence-electron chi connectivity index (χ4n) is 4.01. The van der Waals surface area contributed by atoms with Crippen molar-refractivity contribution in [2.45, 2.75) is 46.3 Å². The Balaban J connectivity index is 2.10. The Kier molecular flexibility index (Phi) is 7.36. The van der Waals surface area contributed by atoms with Gasteiger partial charge in [0.05, 0.1) is 17.7 Å². The highest BCUT2D eigenvalue weighted by Crippen LogP contribution is 2.40. The molecule has 0 aromatic heterocycles. The minimum absolute atomic E-state index is 0.0203. The summed E-state index contributed by atoms with van der Waals surface area (Å²) in [6.07, 6.45) is 0.610. The van der Waals surface area contributed by atoms with Crippen LogP contribution in [0.3, 0.4) is 0 Å². The lowest BCUT2D eigenvalue weighted by molar-refractivity contribution is -0.140. The predicted molar refractivity (Wildman–Crippen MR) is 124 cm³/mol. The Morgan fingerprint density at radius 1 is 1.12 bits per heavy atom. The third kappa shape index (κ3) is 4.86. The van der Waals surface area contributed by atoms with E-state index in [1.165, 1.54) is 4.90 Å². The summed E-state index contributed by atoms with van der Waals surface area (Å²) in [6.45, 7) is 8.56. The van der Waals surface area contributed by atoms with Crippen LogP contribution in [0.5, 0.6) is 5.75 Å². The van der Waals surface area contributed by atoms with E-state index in [1.54, 1.807) is 25.3 Å². The van der Waals surface area contributed by atoms with Gasteiger partial charge in [0.1, 0.15) is 11.5 Å². The lowest BCUT2D eigenvalue weighted by atomic mass is 9.94. The first kappa shape index (κ1) is 23.5. The van der Waals surface area contributed by atoms with Gasteiger partial charge in [-0.15, -0.1) is 0 Å². The second-order valence-corrected chi connectivity index (χ2v) is 8.40. The van der Waals surface area contributed by atoms with Gasteiger partial charge in [-0.25, -0.2) is 0 Å². The molecule has 2 aromatic rings. The smallest absolute Gasteiger partial charge is 0.295 e. The number of rotatable bonds is 8. The van der Waals surface area contributed by atoms with Gasteiger partial charge in [-0.2, -0.15) is 0 Å². The van der Waals surface area contributed by atoms with Crippen LogP contribution in [0, 0.1) is 13.8 Å². The molecule has 1 atom stereocenters. The molecular formula is C26H31NO5. The number of carbonyl (C=O) groups excluding carboxylic acids is 2. The van der Waals surface area contributed by atoms with E-state index in [2.05, 4.69) is 0 Å². The number of nitrogens with zero attached hydrogens (tertiary/aromatic N) is 1. The largest absolute Gasteiger partial charge is 0.507 e. The summed E-state index contributed by atoms with van der Waals surface area (Å²) >= 11 is 0. The Labute approximate surface area is 189 Å². The maximum atomic E-state index is 13.1. The van der Waals surface area contributed by atoms with Crippen LogP contribution in [0.4, 0.5) is 0 Å².